The van der Waals surface area contributed by atoms with Gasteiger partial charge in [-0.1, -0.05) is 12.8 Å². The fraction of sp³-hybridized carbons (Fsp3) is 0.846. The summed E-state index contributed by atoms with van der Waals surface area (Å²) < 4.78 is 0. The molecule has 3 aliphatic rings. The summed E-state index contributed by atoms with van der Waals surface area (Å²) in [5.41, 5.74) is 0. The van der Waals surface area contributed by atoms with Gasteiger partial charge in [0.1, 0.15) is 12.6 Å². The molecule has 0 bridgehead atoms. The van der Waals surface area contributed by atoms with E-state index in [2.05, 4.69) is 6.92 Å². The van der Waals surface area contributed by atoms with Crippen molar-refractivity contribution in [3.8, 4) is 0 Å². The standard InChI is InChI=1S/C13H20N2O2/c1-9(7-10-4-5-10)15-8-12(16)14-6-2-3-11(14)13(15)17/h9-11H,2-8H2,1H3. The molecule has 0 aromatic rings. The normalized spacial score (nSPS) is 30.8. The van der Waals surface area contributed by atoms with Crippen LogP contribution in [-0.2, 0) is 9.59 Å². The first kappa shape index (κ1) is 11.1. The van der Waals surface area contributed by atoms with E-state index in [4.69, 9.17) is 0 Å². The average Bonchev–Trinajstić information content (AvgIpc) is 2.96. The van der Waals surface area contributed by atoms with Gasteiger partial charge in [-0.15, -0.1) is 0 Å². The number of hydrogen-bond donors (Lipinski definition) is 0. The maximum Gasteiger partial charge on any atom is 0.246 e. The van der Waals surface area contributed by atoms with E-state index in [0.717, 1.165) is 31.7 Å². The van der Waals surface area contributed by atoms with Crippen LogP contribution < -0.4 is 0 Å². The van der Waals surface area contributed by atoms with E-state index < -0.39 is 0 Å². The minimum atomic E-state index is -0.141. The molecule has 1 saturated carbocycles. The summed E-state index contributed by atoms with van der Waals surface area (Å²) in [4.78, 5) is 27.9. The van der Waals surface area contributed by atoms with Crippen LogP contribution in [0.2, 0.25) is 0 Å². The van der Waals surface area contributed by atoms with Gasteiger partial charge in [0.15, 0.2) is 0 Å². The fourth-order valence-electron chi connectivity index (χ4n) is 3.16. The van der Waals surface area contributed by atoms with E-state index in [0.29, 0.717) is 6.54 Å². The Hall–Kier alpha value is -1.06. The van der Waals surface area contributed by atoms with Crippen molar-refractivity contribution in [2.24, 2.45) is 5.92 Å². The van der Waals surface area contributed by atoms with Crippen molar-refractivity contribution in [3.63, 3.8) is 0 Å². The number of nitrogens with zero attached hydrogens (tertiary/aromatic N) is 2. The Morgan fingerprint density at radius 2 is 2.06 bits per heavy atom. The van der Waals surface area contributed by atoms with Crippen molar-refractivity contribution in [3.05, 3.63) is 0 Å². The highest BCUT2D eigenvalue weighted by atomic mass is 16.2. The van der Waals surface area contributed by atoms with Gasteiger partial charge in [0, 0.05) is 12.6 Å². The highest BCUT2D eigenvalue weighted by Crippen LogP contribution is 2.35. The van der Waals surface area contributed by atoms with Crippen LogP contribution in [0, 0.1) is 5.92 Å². The molecule has 4 heteroatoms. The van der Waals surface area contributed by atoms with E-state index in [1.807, 2.05) is 4.90 Å². The predicted molar refractivity (Wildman–Crippen MR) is 63.3 cm³/mol. The van der Waals surface area contributed by atoms with Crippen LogP contribution in [0.3, 0.4) is 0 Å². The monoisotopic (exact) mass is 236 g/mol. The first-order valence-electron chi connectivity index (χ1n) is 6.77. The van der Waals surface area contributed by atoms with Gasteiger partial charge in [0.25, 0.3) is 0 Å². The molecule has 3 rings (SSSR count). The van der Waals surface area contributed by atoms with Crippen LogP contribution >= 0.6 is 0 Å². The van der Waals surface area contributed by atoms with Crippen molar-refractivity contribution in [1.82, 2.24) is 9.80 Å². The Morgan fingerprint density at radius 1 is 1.29 bits per heavy atom. The average molecular weight is 236 g/mol. The van der Waals surface area contributed by atoms with Crippen LogP contribution in [0.1, 0.15) is 39.0 Å². The zero-order valence-corrected chi connectivity index (χ0v) is 10.4. The van der Waals surface area contributed by atoms with E-state index in [9.17, 15) is 9.59 Å². The zero-order chi connectivity index (χ0) is 12.0. The molecule has 0 radical (unpaired) electrons. The minimum absolute atomic E-state index is 0.141. The van der Waals surface area contributed by atoms with Crippen LogP contribution in [-0.4, -0.2) is 46.8 Å². The molecular formula is C13H20N2O2. The van der Waals surface area contributed by atoms with E-state index in [1.54, 1.807) is 4.90 Å². The molecule has 2 saturated heterocycles. The third kappa shape index (κ3) is 1.94. The summed E-state index contributed by atoms with van der Waals surface area (Å²) >= 11 is 0. The number of rotatable bonds is 3. The summed E-state index contributed by atoms with van der Waals surface area (Å²) in [5.74, 6) is 1.14. The number of carbonyl (C=O) groups is 2. The topological polar surface area (TPSA) is 40.6 Å². The van der Waals surface area contributed by atoms with Gasteiger partial charge in [-0.2, -0.15) is 0 Å². The molecule has 0 aromatic heterocycles. The second kappa shape index (κ2) is 4.00. The SMILES string of the molecule is CC(CC1CC1)N1CC(=O)N2CCCC2C1=O. The molecule has 2 amide bonds. The second-order valence-corrected chi connectivity index (χ2v) is 5.74. The third-order valence-corrected chi connectivity index (χ3v) is 4.35. The Kier molecular flexibility index (Phi) is 2.60. The van der Waals surface area contributed by atoms with E-state index in [-0.39, 0.29) is 23.9 Å². The van der Waals surface area contributed by atoms with Crippen molar-refractivity contribution in [1.29, 1.82) is 0 Å². The summed E-state index contributed by atoms with van der Waals surface area (Å²) in [6, 6.07) is 0.0969. The lowest BCUT2D eigenvalue weighted by Crippen LogP contribution is -2.59. The molecule has 0 aromatic carbocycles. The van der Waals surface area contributed by atoms with Crippen molar-refractivity contribution >= 4 is 11.8 Å². The predicted octanol–water partition coefficient (Wildman–Crippen LogP) is 1.01. The lowest BCUT2D eigenvalue weighted by molar-refractivity contribution is -0.155. The van der Waals surface area contributed by atoms with Gasteiger partial charge >= 0.3 is 0 Å². The number of hydrogen-bond acceptors (Lipinski definition) is 2. The van der Waals surface area contributed by atoms with Gasteiger partial charge in [-0.05, 0) is 32.1 Å². The van der Waals surface area contributed by atoms with Crippen LogP contribution in [0.25, 0.3) is 0 Å². The number of fused-ring (bicyclic) bond motifs is 1. The Labute approximate surface area is 102 Å². The first-order valence-corrected chi connectivity index (χ1v) is 6.77. The van der Waals surface area contributed by atoms with Gasteiger partial charge in [0.2, 0.25) is 11.8 Å². The molecule has 0 spiro atoms. The Bertz CT molecular complexity index is 351. The first-order chi connectivity index (χ1) is 8.16. The summed E-state index contributed by atoms with van der Waals surface area (Å²) in [6.07, 6.45) is 5.52. The highest BCUT2D eigenvalue weighted by molar-refractivity contribution is 5.95. The van der Waals surface area contributed by atoms with Crippen molar-refractivity contribution in [2.75, 3.05) is 13.1 Å². The maximum atomic E-state index is 12.3. The molecule has 2 unspecified atom stereocenters. The quantitative estimate of drug-likeness (QED) is 0.733. The fourth-order valence-corrected chi connectivity index (χ4v) is 3.16. The summed E-state index contributed by atoms with van der Waals surface area (Å²) in [5, 5.41) is 0. The third-order valence-electron chi connectivity index (χ3n) is 4.35. The summed E-state index contributed by atoms with van der Waals surface area (Å²) in [6.45, 7) is 3.18. The zero-order valence-electron chi connectivity index (χ0n) is 10.4. The Morgan fingerprint density at radius 3 is 2.76 bits per heavy atom. The number of piperazine rings is 1. The Balaban J connectivity index is 1.71. The molecule has 2 aliphatic heterocycles. The molecule has 2 atom stereocenters. The molecule has 3 fully saturated rings. The number of amides is 2. The van der Waals surface area contributed by atoms with Gasteiger partial charge in [0.05, 0.1) is 0 Å². The molecule has 2 heterocycles. The van der Waals surface area contributed by atoms with Gasteiger partial charge in [-0.3, -0.25) is 9.59 Å². The smallest absolute Gasteiger partial charge is 0.246 e. The molecule has 4 nitrogen and oxygen atoms in total. The summed E-state index contributed by atoms with van der Waals surface area (Å²) in [7, 11) is 0. The minimum Gasteiger partial charge on any atom is -0.329 e. The number of carbonyl (C=O) groups excluding carboxylic acids is 2. The van der Waals surface area contributed by atoms with Gasteiger partial charge < -0.3 is 9.80 Å². The molecule has 94 valence electrons. The maximum absolute atomic E-state index is 12.3. The lowest BCUT2D eigenvalue weighted by Gasteiger charge is -2.39. The highest BCUT2D eigenvalue weighted by Gasteiger charge is 2.43. The lowest BCUT2D eigenvalue weighted by atomic mass is 10.1. The van der Waals surface area contributed by atoms with Crippen LogP contribution in [0.5, 0.6) is 0 Å². The van der Waals surface area contributed by atoms with E-state index >= 15 is 0 Å². The largest absolute Gasteiger partial charge is 0.329 e. The van der Waals surface area contributed by atoms with Gasteiger partial charge in [-0.25, -0.2) is 0 Å². The molecule has 0 N–H and O–H groups in total. The van der Waals surface area contributed by atoms with Crippen LogP contribution in [0.4, 0.5) is 0 Å². The molecular weight excluding hydrogens is 216 g/mol. The molecule has 1 aliphatic carbocycles. The van der Waals surface area contributed by atoms with E-state index in [1.165, 1.54) is 12.8 Å². The van der Waals surface area contributed by atoms with Crippen molar-refractivity contribution < 1.29 is 9.59 Å². The van der Waals surface area contributed by atoms with Crippen molar-refractivity contribution in [2.45, 2.75) is 51.1 Å². The van der Waals surface area contributed by atoms with Crippen LogP contribution in [0.15, 0.2) is 0 Å². The second-order valence-electron chi connectivity index (χ2n) is 5.74. The molecule has 17 heavy (non-hydrogen) atoms.